The number of hydrogen-bond acceptors (Lipinski definition) is 2. The Labute approximate surface area is 129 Å². The molecular weight excluding hydrogens is 312 g/mol. The Morgan fingerprint density at radius 2 is 1.85 bits per heavy atom. The molecule has 0 saturated carbocycles. The lowest BCUT2D eigenvalue weighted by Crippen LogP contribution is -2.28. The summed E-state index contributed by atoms with van der Waals surface area (Å²) in [6.07, 6.45) is 0. The highest BCUT2D eigenvalue weighted by molar-refractivity contribution is 9.10. The zero-order valence-corrected chi connectivity index (χ0v) is 13.4. The van der Waals surface area contributed by atoms with Crippen molar-refractivity contribution in [1.29, 1.82) is 0 Å². The van der Waals surface area contributed by atoms with E-state index in [2.05, 4.69) is 75.5 Å². The van der Waals surface area contributed by atoms with Crippen LogP contribution in [-0.4, -0.2) is 24.5 Å². The van der Waals surface area contributed by atoms with E-state index in [4.69, 9.17) is 0 Å². The first kappa shape index (κ1) is 15.1. The molecule has 2 aromatic rings. The first-order valence-corrected chi connectivity index (χ1v) is 7.83. The van der Waals surface area contributed by atoms with Gasteiger partial charge in [0, 0.05) is 29.8 Å². The molecule has 1 N–H and O–H groups in total. The summed E-state index contributed by atoms with van der Waals surface area (Å²) in [5.41, 5.74) is 2.53. The monoisotopic (exact) mass is 332 g/mol. The van der Waals surface area contributed by atoms with Gasteiger partial charge in [0.25, 0.3) is 0 Å². The Morgan fingerprint density at radius 3 is 2.55 bits per heavy atom. The van der Waals surface area contributed by atoms with E-state index in [1.807, 2.05) is 12.1 Å². The van der Waals surface area contributed by atoms with Gasteiger partial charge >= 0.3 is 0 Å². The Kier molecular flexibility index (Phi) is 6.09. The largest absolute Gasteiger partial charge is 0.384 e. The fourth-order valence-corrected chi connectivity index (χ4v) is 2.55. The summed E-state index contributed by atoms with van der Waals surface area (Å²) in [5.74, 6) is 0. The number of nitrogens with zero attached hydrogens (tertiary/aromatic N) is 1. The molecule has 0 atom stereocenters. The third kappa shape index (κ3) is 4.99. The Morgan fingerprint density at radius 1 is 1.05 bits per heavy atom. The van der Waals surface area contributed by atoms with Gasteiger partial charge in [0.05, 0.1) is 0 Å². The average molecular weight is 333 g/mol. The Hall–Kier alpha value is -1.32. The SMILES string of the molecule is CCN(CCNc1cccc(Br)c1)Cc1ccccc1. The van der Waals surface area contributed by atoms with Gasteiger partial charge in [-0.15, -0.1) is 0 Å². The summed E-state index contributed by atoms with van der Waals surface area (Å²) in [7, 11) is 0. The van der Waals surface area contributed by atoms with E-state index in [9.17, 15) is 0 Å². The van der Waals surface area contributed by atoms with Crippen LogP contribution in [-0.2, 0) is 6.54 Å². The number of likely N-dealkylation sites (N-methyl/N-ethyl adjacent to an activating group) is 1. The number of rotatable bonds is 7. The van der Waals surface area contributed by atoms with Crippen LogP contribution < -0.4 is 5.32 Å². The Bertz CT molecular complexity index is 513. The lowest BCUT2D eigenvalue weighted by Gasteiger charge is -2.21. The summed E-state index contributed by atoms with van der Waals surface area (Å²) in [5, 5.41) is 3.46. The van der Waals surface area contributed by atoms with Crippen LogP contribution in [0.4, 0.5) is 5.69 Å². The topological polar surface area (TPSA) is 15.3 Å². The maximum atomic E-state index is 3.49. The van der Waals surface area contributed by atoms with Crippen molar-refractivity contribution < 1.29 is 0 Å². The molecule has 2 aromatic carbocycles. The van der Waals surface area contributed by atoms with Crippen molar-refractivity contribution in [1.82, 2.24) is 4.90 Å². The van der Waals surface area contributed by atoms with Crippen molar-refractivity contribution >= 4 is 21.6 Å². The number of anilines is 1. The van der Waals surface area contributed by atoms with Crippen molar-refractivity contribution in [3.63, 3.8) is 0 Å². The van der Waals surface area contributed by atoms with Crippen LogP contribution in [0.5, 0.6) is 0 Å². The summed E-state index contributed by atoms with van der Waals surface area (Å²) < 4.78 is 1.11. The highest BCUT2D eigenvalue weighted by atomic mass is 79.9. The lowest BCUT2D eigenvalue weighted by molar-refractivity contribution is 0.291. The second-order valence-electron chi connectivity index (χ2n) is 4.79. The maximum absolute atomic E-state index is 3.49. The third-order valence-electron chi connectivity index (χ3n) is 3.28. The van der Waals surface area contributed by atoms with Gasteiger partial charge in [-0.1, -0.05) is 59.3 Å². The predicted molar refractivity (Wildman–Crippen MR) is 90.0 cm³/mol. The number of nitrogens with one attached hydrogen (secondary N) is 1. The van der Waals surface area contributed by atoms with Gasteiger partial charge in [0.2, 0.25) is 0 Å². The molecule has 0 aromatic heterocycles. The van der Waals surface area contributed by atoms with Crippen LogP contribution in [0.15, 0.2) is 59.1 Å². The molecule has 0 saturated heterocycles. The van der Waals surface area contributed by atoms with Crippen molar-refractivity contribution in [3.8, 4) is 0 Å². The molecule has 0 unspecified atom stereocenters. The minimum Gasteiger partial charge on any atom is -0.384 e. The maximum Gasteiger partial charge on any atom is 0.0351 e. The molecule has 0 aliphatic carbocycles. The van der Waals surface area contributed by atoms with Gasteiger partial charge in [-0.25, -0.2) is 0 Å². The van der Waals surface area contributed by atoms with Gasteiger partial charge in [-0.2, -0.15) is 0 Å². The normalized spacial score (nSPS) is 10.8. The second kappa shape index (κ2) is 8.08. The number of hydrogen-bond donors (Lipinski definition) is 1. The van der Waals surface area contributed by atoms with Crippen molar-refractivity contribution in [3.05, 3.63) is 64.6 Å². The molecule has 0 heterocycles. The molecule has 106 valence electrons. The van der Waals surface area contributed by atoms with E-state index in [0.29, 0.717) is 0 Å². The molecule has 0 radical (unpaired) electrons. The minimum atomic E-state index is 0.955. The fourth-order valence-electron chi connectivity index (χ4n) is 2.15. The quantitative estimate of drug-likeness (QED) is 0.809. The number of benzene rings is 2. The molecule has 0 aliphatic rings. The molecule has 2 nitrogen and oxygen atoms in total. The van der Waals surface area contributed by atoms with Crippen LogP contribution in [0.1, 0.15) is 12.5 Å². The van der Waals surface area contributed by atoms with Crippen LogP contribution in [0.25, 0.3) is 0 Å². The summed E-state index contributed by atoms with van der Waals surface area (Å²) in [6.45, 7) is 6.28. The molecule has 2 rings (SSSR count). The van der Waals surface area contributed by atoms with Gasteiger partial charge in [-0.05, 0) is 30.3 Å². The van der Waals surface area contributed by atoms with Crippen LogP contribution in [0.3, 0.4) is 0 Å². The van der Waals surface area contributed by atoms with Crippen molar-refractivity contribution in [2.24, 2.45) is 0 Å². The zero-order valence-electron chi connectivity index (χ0n) is 11.8. The third-order valence-corrected chi connectivity index (χ3v) is 3.77. The molecule has 0 amide bonds. The van der Waals surface area contributed by atoms with Crippen LogP contribution in [0, 0.1) is 0 Å². The first-order valence-electron chi connectivity index (χ1n) is 7.03. The van der Waals surface area contributed by atoms with Gasteiger partial charge in [0.15, 0.2) is 0 Å². The second-order valence-corrected chi connectivity index (χ2v) is 5.71. The molecule has 3 heteroatoms. The van der Waals surface area contributed by atoms with Crippen molar-refractivity contribution in [2.75, 3.05) is 25.0 Å². The minimum absolute atomic E-state index is 0.955. The molecule has 0 aliphatic heterocycles. The van der Waals surface area contributed by atoms with E-state index in [1.54, 1.807) is 0 Å². The van der Waals surface area contributed by atoms with Gasteiger partial charge in [-0.3, -0.25) is 4.90 Å². The zero-order chi connectivity index (χ0) is 14.2. The summed E-state index contributed by atoms with van der Waals surface area (Å²) >= 11 is 3.49. The summed E-state index contributed by atoms with van der Waals surface area (Å²) in [6, 6.07) is 18.9. The van der Waals surface area contributed by atoms with Gasteiger partial charge in [0.1, 0.15) is 0 Å². The van der Waals surface area contributed by atoms with E-state index in [-0.39, 0.29) is 0 Å². The highest BCUT2D eigenvalue weighted by Crippen LogP contribution is 2.15. The highest BCUT2D eigenvalue weighted by Gasteiger charge is 2.03. The molecule has 0 fully saturated rings. The first-order chi connectivity index (χ1) is 9.78. The average Bonchev–Trinajstić information content (AvgIpc) is 2.47. The summed E-state index contributed by atoms with van der Waals surface area (Å²) in [4.78, 5) is 2.44. The lowest BCUT2D eigenvalue weighted by atomic mass is 10.2. The van der Waals surface area contributed by atoms with E-state index in [0.717, 1.165) is 36.3 Å². The fraction of sp³-hybridized carbons (Fsp3) is 0.294. The van der Waals surface area contributed by atoms with E-state index >= 15 is 0 Å². The van der Waals surface area contributed by atoms with Gasteiger partial charge < -0.3 is 5.32 Å². The van der Waals surface area contributed by atoms with Crippen LogP contribution in [0.2, 0.25) is 0 Å². The van der Waals surface area contributed by atoms with Crippen molar-refractivity contribution in [2.45, 2.75) is 13.5 Å². The molecule has 20 heavy (non-hydrogen) atoms. The van der Waals surface area contributed by atoms with E-state index < -0.39 is 0 Å². The molecule has 0 spiro atoms. The Balaban J connectivity index is 1.79. The predicted octanol–water partition coefficient (Wildman–Crippen LogP) is 4.38. The number of halogens is 1. The van der Waals surface area contributed by atoms with E-state index in [1.165, 1.54) is 5.56 Å². The molecule has 0 bridgehead atoms. The standard InChI is InChI=1S/C17H21BrN2/c1-2-20(14-15-7-4-3-5-8-15)12-11-19-17-10-6-9-16(18)13-17/h3-10,13,19H,2,11-12,14H2,1H3. The smallest absolute Gasteiger partial charge is 0.0351 e. The van der Waals surface area contributed by atoms with Crippen LogP contribution >= 0.6 is 15.9 Å². The molecular formula is C17H21BrN2.